The van der Waals surface area contributed by atoms with Gasteiger partial charge in [0.25, 0.3) is 5.69 Å². The summed E-state index contributed by atoms with van der Waals surface area (Å²) in [5.74, 6) is 0. The van der Waals surface area contributed by atoms with Gasteiger partial charge in [-0.1, -0.05) is 6.08 Å². The molecule has 0 fully saturated rings. The summed E-state index contributed by atoms with van der Waals surface area (Å²) >= 11 is 0. The van der Waals surface area contributed by atoms with Gasteiger partial charge in [-0.2, -0.15) is 0 Å². The maximum atomic E-state index is 10.9. The van der Waals surface area contributed by atoms with Crippen molar-refractivity contribution in [3.05, 3.63) is 46.5 Å². The lowest BCUT2D eigenvalue weighted by Crippen LogP contribution is -2.29. The highest BCUT2D eigenvalue weighted by atomic mass is 16.6. The molecular weight excluding hydrogens is 270 g/mol. The standard InChI is InChI=1S/C15H23N3O3/c1-5-10-21-12-13-11-14(18(19)20)6-7-15(13)17(4)9-8-16(2)3/h5-7,11H,1,8-10,12H2,2-4H3. The Hall–Kier alpha value is -1.92. The number of nitro groups is 1. The molecule has 0 atom stereocenters. The van der Waals surface area contributed by atoms with Crippen LogP contribution in [-0.2, 0) is 11.3 Å². The van der Waals surface area contributed by atoms with Gasteiger partial charge in [0.2, 0.25) is 0 Å². The Morgan fingerprint density at radius 2 is 2.05 bits per heavy atom. The Morgan fingerprint density at radius 1 is 1.33 bits per heavy atom. The van der Waals surface area contributed by atoms with E-state index in [2.05, 4.69) is 16.4 Å². The van der Waals surface area contributed by atoms with Gasteiger partial charge in [0.05, 0.1) is 18.1 Å². The van der Waals surface area contributed by atoms with E-state index >= 15 is 0 Å². The molecule has 0 radical (unpaired) electrons. The van der Waals surface area contributed by atoms with E-state index in [-0.39, 0.29) is 10.6 Å². The molecule has 21 heavy (non-hydrogen) atoms. The average molecular weight is 293 g/mol. The number of benzene rings is 1. The van der Waals surface area contributed by atoms with Gasteiger partial charge < -0.3 is 14.5 Å². The fourth-order valence-electron chi connectivity index (χ4n) is 1.90. The van der Waals surface area contributed by atoms with Crippen molar-refractivity contribution in [2.45, 2.75) is 6.61 Å². The van der Waals surface area contributed by atoms with Gasteiger partial charge in [0.15, 0.2) is 0 Å². The topological polar surface area (TPSA) is 58.9 Å². The minimum absolute atomic E-state index is 0.0805. The summed E-state index contributed by atoms with van der Waals surface area (Å²) in [6.45, 7) is 6.08. The van der Waals surface area contributed by atoms with Crippen LogP contribution >= 0.6 is 0 Å². The molecule has 0 aliphatic heterocycles. The molecule has 0 N–H and O–H groups in total. The number of anilines is 1. The van der Waals surface area contributed by atoms with E-state index in [1.807, 2.05) is 21.1 Å². The molecule has 0 aromatic heterocycles. The van der Waals surface area contributed by atoms with E-state index < -0.39 is 0 Å². The highest BCUT2D eigenvalue weighted by molar-refractivity contribution is 5.57. The largest absolute Gasteiger partial charge is 0.373 e. The number of rotatable bonds is 9. The third kappa shape index (κ3) is 5.53. The van der Waals surface area contributed by atoms with Gasteiger partial charge in [0, 0.05) is 43.5 Å². The number of likely N-dealkylation sites (N-methyl/N-ethyl adjacent to an activating group) is 2. The van der Waals surface area contributed by atoms with E-state index in [1.54, 1.807) is 18.2 Å². The fraction of sp³-hybridized carbons (Fsp3) is 0.467. The molecule has 0 saturated carbocycles. The molecule has 116 valence electrons. The second kappa shape index (κ2) is 8.39. The van der Waals surface area contributed by atoms with Crippen LogP contribution in [0.15, 0.2) is 30.9 Å². The van der Waals surface area contributed by atoms with Gasteiger partial charge in [-0.25, -0.2) is 0 Å². The SMILES string of the molecule is C=CCOCc1cc([N+](=O)[O-])ccc1N(C)CCN(C)C. The van der Waals surface area contributed by atoms with Crippen molar-refractivity contribution >= 4 is 11.4 Å². The first-order valence-corrected chi connectivity index (χ1v) is 6.77. The molecule has 1 aromatic rings. The Kier molecular flexibility index (Phi) is 6.84. The van der Waals surface area contributed by atoms with Crippen LogP contribution in [0.3, 0.4) is 0 Å². The van der Waals surface area contributed by atoms with Gasteiger partial charge in [-0.05, 0) is 20.2 Å². The zero-order valence-corrected chi connectivity index (χ0v) is 12.9. The number of hydrogen-bond acceptors (Lipinski definition) is 5. The van der Waals surface area contributed by atoms with Crippen LogP contribution in [0.2, 0.25) is 0 Å². The molecule has 1 aromatic carbocycles. The van der Waals surface area contributed by atoms with Crippen LogP contribution in [0.1, 0.15) is 5.56 Å². The highest BCUT2D eigenvalue weighted by Crippen LogP contribution is 2.25. The Labute approximate surface area is 125 Å². The predicted molar refractivity (Wildman–Crippen MR) is 84.8 cm³/mol. The lowest BCUT2D eigenvalue weighted by Gasteiger charge is -2.24. The average Bonchev–Trinajstić information content (AvgIpc) is 2.44. The molecule has 0 spiro atoms. The smallest absolute Gasteiger partial charge is 0.269 e. The zero-order valence-electron chi connectivity index (χ0n) is 12.9. The van der Waals surface area contributed by atoms with Gasteiger partial charge in [0.1, 0.15) is 0 Å². The lowest BCUT2D eigenvalue weighted by molar-refractivity contribution is -0.384. The van der Waals surface area contributed by atoms with Crippen molar-refractivity contribution in [1.29, 1.82) is 0 Å². The van der Waals surface area contributed by atoms with Crippen LogP contribution < -0.4 is 4.90 Å². The van der Waals surface area contributed by atoms with Crippen molar-refractivity contribution in [2.24, 2.45) is 0 Å². The van der Waals surface area contributed by atoms with Crippen LogP contribution in [0.5, 0.6) is 0 Å². The number of hydrogen-bond donors (Lipinski definition) is 0. The predicted octanol–water partition coefficient (Wildman–Crippen LogP) is 2.30. The number of nitro benzene ring substituents is 1. The summed E-state index contributed by atoms with van der Waals surface area (Å²) in [5, 5.41) is 10.9. The fourth-order valence-corrected chi connectivity index (χ4v) is 1.90. The highest BCUT2D eigenvalue weighted by Gasteiger charge is 2.13. The molecular formula is C15H23N3O3. The molecule has 0 unspecified atom stereocenters. The maximum Gasteiger partial charge on any atom is 0.269 e. The van der Waals surface area contributed by atoms with Gasteiger partial charge in [-0.3, -0.25) is 10.1 Å². The monoisotopic (exact) mass is 293 g/mol. The summed E-state index contributed by atoms with van der Waals surface area (Å²) in [6, 6.07) is 4.88. The van der Waals surface area contributed by atoms with E-state index in [9.17, 15) is 10.1 Å². The molecule has 0 heterocycles. The number of non-ortho nitro benzene ring substituents is 1. The Morgan fingerprint density at radius 3 is 2.62 bits per heavy atom. The molecule has 6 heteroatoms. The molecule has 0 saturated heterocycles. The molecule has 6 nitrogen and oxygen atoms in total. The van der Waals surface area contributed by atoms with Crippen molar-refractivity contribution in [1.82, 2.24) is 4.90 Å². The first-order chi connectivity index (χ1) is 9.95. The third-order valence-electron chi connectivity index (χ3n) is 3.06. The van der Waals surface area contributed by atoms with E-state index in [4.69, 9.17) is 4.74 Å². The summed E-state index contributed by atoms with van der Waals surface area (Å²) in [5.41, 5.74) is 1.84. The molecule has 0 aliphatic rings. The maximum absolute atomic E-state index is 10.9. The molecule has 0 aliphatic carbocycles. The minimum Gasteiger partial charge on any atom is -0.373 e. The third-order valence-corrected chi connectivity index (χ3v) is 3.06. The second-order valence-electron chi connectivity index (χ2n) is 5.10. The normalized spacial score (nSPS) is 10.7. The zero-order chi connectivity index (χ0) is 15.8. The van der Waals surface area contributed by atoms with Crippen LogP contribution in [0.4, 0.5) is 11.4 Å². The summed E-state index contributed by atoms with van der Waals surface area (Å²) in [7, 11) is 6.00. The van der Waals surface area contributed by atoms with Crippen molar-refractivity contribution < 1.29 is 9.66 Å². The summed E-state index contributed by atoms with van der Waals surface area (Å²) in [4.78, 5) is 14.7. The lowest BCUT2D eigenvalue weighted by atomic mass is 10.1. The van der Waals surface area contributed by atoms with Crippen molar-refractivity contribution in [2.75, 3.05) is 45.7 Å². The summed E-state index contributed by atoms with van der Waals surface area (Å²) < 4.78 is 5.44. The van der Waals surface area contributed by atoms with E-state index in [0.29, 0.717) is 13.2 Å². The van der Waals surface area contributed by atoms with Crippen LogP contribution in [-0.4, -0.2) is 50.7 Å². The van der Waals surface area contributed by atoms with Gasteiger partial charge in [-0.15, -0.1) is 6.58 Å². The second-order valence-corrected chi connectivity index (χ2v) is 5.10. The first-order valence-electron chi connectivity index (χ1n) is 6.77. The summed E-state index contributed by atoms with van der Waals surface area (Å²) in [6.07, 6.45) is 1.66. The quantitative estimate of drug-likeness (QED) is 0.302. The van der Waals surface area contributed by atoms with Crippen molar-refractivity contribution in [3.8, 4) is 0 Å². The van der Waals surface area contributed by atoms with Crippen LogP contribution in [0.25, 0.3) is 0 Å². The Balaban J connectivity index is 2.93. The Bertz CT molecular complexity index is 489. The van der Waals surface area contributed by atoms with Crippen LogP contribution in [0, 0.1) is 10.1 Å². The first kappa shape index (κ1) is 17.1. The van der Waals surface area contributed by atoms with Crippen molar-refractivity contribution in [3.63, 3.8) is 0 Å². The minimum atomic E-state index is -0.388. The number of ether oxygens (including phenoxy) is 1. The van der Waals surface area contributed by atoms with E-state index in [1.165, 1.54) is 6.07 Å². The molecule has 0 amide bonds. The van der Waals surface area contributed by atoms with E-state index in [0.717, 1.165) is 24.3 Å². The number of nitrogens with zero attached hydrogens (tertiary/aromatic N) is 3. The molecule has 0 bridgehead atoms. The van der Waals surface area contributed by atoms with Gasteiger partial charge >= 0.3 is 0 Å². The molecule has 1 rings (SSSR count).